The standard InChI is InChI=1S/C15H17N3O/c1-11-14(19)18(9-8-15(2,3)10-16)13-7-5-4-6-12(13)17-11/h4-7H,8-9H2,1-3H3. The SMILES string of the molecule is Cc1nc2ccccc2n(CCC(C)(C)C#N)c1=O. The molecule has 1 aromatic heterocycles. The molecule has 0 N–H and O–H groups in total. The molecular formula is C15H17N3O. The molecule has 2 aromatic rings. The van der Waals surface area contributed by atoms with Crippen molar-refractivity contribution in [3.63, 3.8) is 0 Å². The first-order valence-corrected chi connectivity index (χ1v) is 6.32. The Kier molecular flexibility index (Phi) is 3.39. The minimum Gasteiger partial charge on any atom is -0.305 e. The van der Waals surface area contributed by atoms with Gasteiger partial charge in [-0.15, -0.1) is 0 Å². The van der Waals surface area contributed by atoms with Crippen molar-refractivity contribution >= 4 is 11.0 Å². The molecule has 0 aliphatic carbocycles. The lowest BCUT2D eigenvalue weighted by atomic mass is 9.91. The molecule has 19 heavy (non-hydrogen) atoms. The number of para-hydroxylation sites is 2. The quantitative estimate of drug-likeness (QED) is 0.847. The fraction of sp³-hybridized carbons (Fsp3) is 0.400. The van der Waals surface area contributed by atoms with Gasteiger partial charge in [-0.2, -0.15) is 5.26 Å². The largest absolute Gasteiger partial charge is 0.305 e. The van der Waals surface area contributed by atoms with Gasteiger partial charge in [0.05, 0.1) is 22.5 Å². The summed E-state index contributed by atoms with van der Waals surface area (Å²) in [4.78, 5) is 16.5. The lowest BCUT2D eigenvalue weighted by Crippen LogP contribution is -2.26. The van der Waals surface area contributed by atoms with E-state index in [4.69, 9.17) is 5.26 Å². The number of hydrogen-bond donors (Lipinski definition) is 0. The fourth-order valence-electron chi connectivity index (χ4n) is 1.99. The maximum absolute atomic E-state index is 12.2. The third-order valence-corrected chi connectivity index (χ3v) is 3.28. The number of fused-ring (bicyclic) bond motifs is 1. The van der Waals surface area contributed by atoms with Crippen LogP contribution in [0.25, 0.3) is 11.0 Å². The Morgan fingerprint density at radius 1 is 1.37 bits per heavy atom. The summed E-state index contributed by atoms with van der Waals surface area (Å²) in [6, 6.07) is 9.85. The summed E-state index contributed by atoms with van der Waals surface area (Å²) in [6.07, 6.45) is 0.636. The van der Waals surface area contributed by atoms with Gasteiger partial charge >= 0.3 is 0 Å². The lowest BCUT2D eigenvalue weighted by Gasteiger charge is -2.17. The predicted octanol–water partition coefficient (Wildman–Crippen LogP) is 2.64. The van der Waals surface area contributed by atoms with Gasteiger partial charge in [0.1, 0.15) is 5.69 Å². The molecule has 0 radical (unpaired) electrons. The van der Waals surface area contributed by atoms with Gasteiger partial charge in [0.2, 0.25) is 0 Å². The summed E-state index contributed by atoms with van der Waals surface area (Å²) in [7, 11) is 0. The van der Waals surface area contributed by atoms with E-state index in [2.05, 4.69) is 11.1 Å². The van der Waals surface area contributed by atoms with E-state index in [1.165, 1.54) is 0 Å². The normalized spacial score (nSPS) is 11.5. The van der Waals surface area contributed by atoms with Gasteiger partial charge in [-0.3, -0.25) is 4.79 Å². The number of nitrogens with zero attached hydrogens (tertiary/aromatic N) is 3. The Morgan fingerprint density at radius 3 is 2.74 bits per heavy atom. The molecule has 0 atom stereocenters. The van der Waals surface area contributed by atoms with Crippen LogP contribution in [0.15, 0.2) is 29.1 Å². The van der Waals surface area contributed by atoms with Crippen LogP contribution in [0.4, 0.5) is 0 Å². The molecule has 0 saturated carbocycles. The van der Waals surface area contributed by atoms with Crippen molar-refractivity contribution < 1.29 is 0 Å². The first kappa shape index (κ1) is 13.3. The number of rotatable bonds is 3. The number of hydrogen-bond acceptors (Lipinski definition) is 3. The van der Waals surface area contributed by atoms with Crippen LogP contribution in [-0.4, -0.2) is 9.55 Å². The second kappa shape index (κ2) is 4.85. The molecule has 0 bridgehead atoms. The Morgan fingerprint density at radius 2 is 2.05 bits per heavy atom. The van der Waals surface area contributed by atoms with Crippen LogP contribution >= 0.6 is 0 Å². The van der Waals surface area contributed by atoms with Crippen LogP contribution in [0.2, 0.25) is 0 Å². The molecule has 4 nitrogen and oxygen atoms in total. The maximum atomic E-state index is 12.2. The monoisotopic (exact) mass is 255 g/mol. The highest BCUT2D eigenvalue weighted by molar-refractivity contribution is 5.74. The van der Waals surface area contributed by atoms with E-state index >= 15 is 0 Å². The smallest absolute Gasteiger partial charge is 0.272 e. The summed E-state index contributed by atoms with van der Waals surface area (Å²) in [5.74, 6) is 0. The zero-order valence-electron chi connectivity index (χ0n) is 11.5. The number of aryl methyl sites for hydroxylation is 2. The van der Waals surface area contributed by atoms with E-state index in [0.717, 1.165) is 11.0 Å². The van der Waals surface area contributed by atoms with E-state index in [9.17, 15) is 4.79 Å². The van der Waals surface area contributed by atoms with Crippen molar-refractivity contribution in [1.82, 2.24) is 9.55 Å². The molecule has 1 aromatic carbocycles. The minimum absolute atomic E-state index is 0.0764. The number of benzene rings is 1. The summed E-state index contributed by atoms with van der Waals surface area (Å²) in [5.41, 5.74) is 1.62. The minimum atomic E-state index is -0.433. The molecule has 0 fully saturated rings. The summed E-state index contributed by atoms with van der Waals surface area (Å²) in [6.45, 7) is 6.02. The van der Waals surface area contributed by atoms with Crippen LogP contribution in [0.1, 0.15) is 26.0 Å². The fourth-order valence-corrected chi connectivity index (χ4v) is 1.99. The average molecular weight is 255 g/mol. The van der Waals surface area contributed by atoms with Crippen molar-refractivity contribution in [3.8, 4) is 6.07 Å². The predicted molar refractivity (Wildman–Crippen MR) is 74.8 cm³/mol. The highest BCUT2D eigenvalue weighted by Gasteiger charge is 2.17. The summed E-state index contributed by atoms with van der Waals surface area (Å²) >= 11 is 0. The Labute approximate surface area is 112 Å². The van der Waals surface area contributed by atoms with Gasteiger partial charge in [-0.1, -0.05) is 12.1 Å². The second-order valence-electron chi connectivity index (χ2n) is 5.39. The van der Waals surface area contributed by atoms with E-state index in [0.29, 0.717) is 18.7 Å². The Bertz CT molecular complexity index is 707. The van der Waals surface area contributed by atoms with Gasteiger partial charge in [-0.25, -0.2) is 4.98 Å². The molecule has 0 unspecified atom stereocenters. The molecule has 2 rings (SSSR count). The highest BCUT2D eigenvalue weighted by Crippen LogP contribution is 2.20. The molecule has 4 heteroatoms. The number of nitriles is 1. The first-order valence-electron chi connectivity index (χ1n) is 6.32. The summed E-state index contributed by atoms with van der Waals surface area (Å²) < 4.78 is 1.72. The van der Waals surface area contributed by atoms with E-state index in [1.54, 1.807) is 11.5 Å². The molecule has 0 amide bonds. The van der Waals surface area contributed by atoms with Crippen LogP contribution in [0, 0.1) is 23.7 Å². The van der Waals surface area contributed by atoms with Gasteiger partial charge in [0.25, 0.3) is 5.56 Å². The van der Waals surface area contributed by atoms with E-state index < -0.39 is 5.41 Å². The summed E-state index contributed by atoms with van der Waals surface area (Å²) in [5, 5.41) is 9.06. The van der Waals surface area contributed by atoms with Crippen molar-refractivity contribution in [2.45, 2.75) is 33.7 Å². The van der Waals surface area contributed by atoms with Gasteiger partial charge in [0.15, 0.2) is 0 Å². The zero-order valence-corrected chi connectivity index (χ0v) is 11.5. The van der Waals surface area contributed by atoms with Crippen molar-refractivity contribution in [2.24, 2.45) is 5.41 Å². The van der Waals surface area contributed by atoms with E-state index in [-0.39, 0.29) is 5.56 Å². The average Bonchev–Trinajstić information content (AvgIpc) is 2.39. The van der Waals surface area contributed by atoms with Crippen LogP contribution in [0.5, 0.6) is 0 Å². The van der Waals surface area contributed by atoms with Gasteiger partial charge in [0, 0.05) is 6.54 Å². The highest BCUT2D eigenvalue weighted by atomic mass is 16.1. The molecule has 0 saturated heterocycles. The third kappa shape index (κ3) is 2.65. The van der Waals surface area contributed by atoms with Crippen molar-refractivity contribution in [2.75, 3.05) is 0 Å². The molecule has 0 spiro atoms. The Balaban J connectivity index is 2.50. The Hall–Kier alpha value is -2.15. The zero-order chi connectivity index (χ0) is 14.0. The third-order valence-electron chi connectivity index (χ3n) is 3.28. The van der Waals surface area contributed by atoms with E-state index in [1.807, 2.05) is 38.1 Å². The topological polar surface area (TPSA) is 58.7 Å². The first-order chi connectivity index (χ1) is 8.94. The van der Waals surface area contributed by atoms with Crippen molar-refractivity contribution in [1.29, 1.82) is 5.26 Å². The van der Waals surface area contributed by atoms with Crippen molar-refractivity contribution in [3.05, 3.63) is 40.3 Å². The van der Waals surface area contributed by atoms with Crippen LogP contribution < -0.4 is 5.56 Å². The lowest BCUT2D eigenvalue weighted by molar-refractivity contribution is 0.413. The molecule has 98 valence electrons. The van der Waals surface area contributed by atoms with Crippen LogP contribution in [-0.2, 0) is 6.54 Å². The molecule has 0 aliphatic rings. The van der Waals surface area contributed by atoms with Gasteiger partial charge < -0.3 is 4.57 Å². The second-order valence-corrected chi connectivity index (χ2v) is 5.39. The van der Waals surface area contributed by atoms with Gasteiger partial charge in [-0.05, 0) is 39.3 Å². The van der Waals surface area contributed by atoms with Crippen LogP contribution in [0.3, 0.4) is 0 Å². The maximum Gasteiger partial charge on any atom is 0.272 e. The molecule has 1 heterocycles. The molecule has 0 aliphatic heterocycles. The number of aromatic nitrogens is 2. The molecular weight excluding hydrogens is 238 g/mol.